The predicted octanol–water partition coefficient (Wildman–Crippen LogP) is 5.13. The first-order chi connectivity index (χ1) is 17.2. The summed E-state index contributed by atoms with van der Waals surface area (Å²) in [7, 11) is 1.86. The maximum atomic E-state index is 11.9. The molecule has 0 amide bonds. The number of carboxylic acid groups (broad SMARTS) is 1. The molecule has 0 aliphatic heterocycles. The smallest absolute Gasteiger partial charge is 0.358 e. The first-order valence-corrected chi connectivity index (χ1v) is 12.5. The molecule has 1 atom stereocenters. The number of carboxylic acids is 1. The number of aryl methyl sites for hydroxylation is 2. The van der Waals surface area contributed by atoms with E-state index in [2.05, 4.69) is 51.3 Å². The van der Waals surface area contributed by atoms with Crippen LogP contribution in [0.1, 0.15) is 47.2 Å². The number of carbonyl (C=O) groups is 1. The van der Waals surface area contributed by atoms with Crippen molar-refractivity contribution in [2.45, 2.75) is 33.2 Å². The molecule has 0 spiro atoms. The van der Waals surface area contributed by atoms with Gasteiger partial charge in [0.05, 0.1) is 0 Å². The van der Waals surface area contributed by atoms with E-state index in [4.69, 9.17) is 4.42 Å². The van der Waals surface area contributed by atoms with Crippen LogP contribution in [0.15, 0.2) is 52.9 Å². The molecule has 6 nitrogen and oxygen atoms in total. The van der Waals surface area contributed by atoms with E-state index in [1.54, 1.807) is 6.07 Å². The molecule has 0 bridgehead atoms. The van der Waals surface area contributed by atoms with E-state index in [0.717, 1.165) is 53.4 Å². The van der Waals surface area contributed by atoms with E-state index in [9.17, 15) is 9.90 Å². The van der Waals surface area contributed by atoms with E-state index < -0.39 is 5.97 Å². The number of nitrogens with zero attached hydrogens (tertiary/aromatic N) is 1. The molecule has 0 radical (unpaired) electrons. The Hall–Kier alpha value is -3.61. The van der Waals surface area contributed by atoms with Crippen molar-refractivity contribution in [1.29, 1.82) is 0 Å². The summed E-state index contributed by atoms with van der Waals surface area (Å²) in [6.45, 7) is 10.1. The van der Waals surface area contributed by atoms with Gasteiger partial charge in [-0.2, -0.15) is 0 Å². The molecule has 4 rings (SSSR count). The Kier molecular flexibility index (Phi) is 8.79. The minimum atomic E-state index is -1.06. The van der Waals surface area contributed by atoms with Gasteiger partial charge in [-0.1, -0.05) is 0 Å². The van der Waals surface area contributed by atoms with Crippen molar-refractivity contribution in [3.8, 4) is 11.3 Å². The first kappa shape index (κ1) is 28.0. The zero-order valence-electron chi connectivity index (χ0n) is 21.8. The standard InChI is InChI=1S/C29H29N3O3.CH3.V/c1-6-23-10-11-25(27(32-23)29(33)34)31-19(4)24-14-17(2)13-21-9-12-26(35-28(21)24)20-8-7-18(3)22(15-20)16-30-5;;/h7-8,10-16,19,30-31H,3,6H2,1-2,4-5H3,(H,33,34);1H3;/q;-1;/b22-16-;;. The van der Waals surface area contributed by atoms with Gasteiger partial charge in [-0.05, 0) is 0 Å². The molecular formula is C30H32N3O3V-. The fourth-order valence-corrected chi connectivity index (χ4v) is 4.68. The third-order valence-electron chi connectivity index (χ3n) is 6.10. The number of benzene rings is 2. The van der Waals surface area contributed by atoms with Crippen molar-refractivity contribution in [3.63, 3.8) is 0 Å². The molecule has 4 aromatic rings. The van der Waals surface area contributed by atoms with E-state index in [1.807, 2.05) is 64.4 Å². The molecule has 37 heavy (non-hydrogen) atoms. The Morgan fingerprint density at radius 2 is 1.97 bits per heavy atom. The summed E-state index contributed by atoms with van der Waals surface area (Å²) < 4.78 is 7.56. The largest absolute Gasteiger partial charge is 0.358 e. The summed E-state index contributed by atoms with van der Waals surface area (Å²) in [4.78, 5) is 16.2. The molecule has 0 saturated carbocycles. The molecule has 2 heterocycles. The van der Waals surface area contributed by atoms with E-state index >= 15 is 0 Å². The van der Waals surface area contributed by atoms with Gasteiger partial charge in [-0.25, -0.2) is 0 Å². The van der Waals surface area contributed by atoms with Crippen molar-refractivity contribution >= 4 is 35.4 Å². The minimum absolute atomic E-state index is 0. The zero-order valence-corrected chi connectivity index (χ0v) is 23.2. The molecule has 191 valence electrons. The fraction of sp³-hybridized carbons (Fsp3) is 0.200. The number of nitrogens with one attached hydrogen (secondary N) is 2. The van der Waals surface area contributed by atoms with Crippen LogP contribution in [0.25, 0.3) is 35.1 Å². The van der Waals surface area contributed by atoms with Crippen LogP contribution in [0.3, 0.4) is 0 Å². The molecule has 7 heteroatoms. The second-order valence-electron chi connectivity index (χ2n) is 8.80. The quantitative estimate of drug-likeness (QED) is 0.286. The molecule has 0 saturated heterocycles. The van der Waals surface area contributed by atoms with Crippen molar-refractivity contribution < 1.29 is 31.3 Å². The molecule has 0 aliphatic rings. The van der Waals surface area contributed by atoms with Gasteiger partial charge in [-0.3, -0.25) is 0 Å². The molecule has 1 unspecified atom stereocenters. The van der Waals surface area contributed by atoms with Crippen molar-refractivity contribution in [3.05, 3.63) is 92.8 Å². The van der Waals surface area contributed by atoms with Gasteiger partial charge in [0.15, 0.2) is 0 Å². The number of hydrogen-bond acceptors (Lipinski definition) is 5. The second kappa shape index (κ2) is 11.6. The van der Waals surface area contributed by atoms with Crippen molar-refractivity contribution in [1.82, 2.24) is 10.3 Å². The number of rotatable bonds is 7. The van der Waals surface area contributed by atoms with Crippen LogP contribution in [0, 0.1) is 18.2 Å². The normalized spacial score (nSPS) is 12.1. The van der Waals surface area contributed by atoms with Crippen LogP contribution < -0.4 is 21.1 Å². The Balaban J connectivity index is 0.00000380. The van der Waals surface area contributed by atoms with E-state index in [1.165, 1.54) is 0 Å². The molecule has 0 fully saturated rings. The summed E-state index contributed by atoms with van der Waals surface area (Å²) in [5.41, 5.74) is 4.95. The van der Waals surface area contributed by atoms with Gasteiger partial charge in [0.25, 0.3) is 0 Å². The molecule has 2 aromatic heterocycles. The van der Waals surface area contributed by atoms with Crippen LogP contribution in [0.5, 0.6) is 0 Å². The zero-order chi connectivity index (χ0) is 26.0. The Bertz CT molecular complexity index is 1640. The van der Waals surface area contributed by atoms with Gasteiger partial charge in [0.1, 0.15) is 0 Å². The van der Waals surface area contributed by atoms with Crippen LogP contribution in [-0.4, -0.2) is 23.1 Å². The summed E-state index contributed by atoms with van der Waals surface area (Å²) in [6, 6.07) is 15.6. The number of hydrogen-bond donors (Lipinski definition) is 3. The summed E-state index contributed by atoms with van der Waals surface area (Å²) in [5, 5.41) is 19.1. The van der Waals surface area contributed by atoms with Crippen LogP contribution in [-0.2, 0) is 23.4 Å². The molecule has 2 aromatic carbocycles. The van der Waals surface area contributed by atoms with E-state index in [-0.39, 0.29) is 19.2 Å². The average Bonchev–Trinajstić information content (AvgIpc) is 2.85. The summed E-state index contributed by atoms with van der Waals surface area (Å²) >= 11 is 2.63. The van der Waals surface area contributed by atoms with Gasteiger partial charge < -0.3 is 7.43 Å². The number of fused-ring (bicyclic) bond motifs is 1. The number of pyridine rings is 1. The van der Waals surface area contributed by atoms with Crippen LogP contribution in [0.2, 0.25) is 0 Å². The molecular weight excluding hydrogens is 501 g/mol. The molecule has 3 N–H and O–H groups in total. The number of anilines is 1. The monoisotopic (exact) mass is 533 g/mol. The maximum Gasteiger partial charge on any atom is -0.358 e. The Morgan fingerprint density at radius 3 is 2.65 bits per heavy atom. The van der Waals surface area contributed by atoms with Gasteiger partial charge in [0, 0.05) is 0 Å². The topological polar surface area (TPSA) is 87.4 Å². The first-order valence-electron chi connectivity index (χ1n) is 11.8. The van der Waals surface area contributed by atoms with E-state index in [0.29, 0.717) is 12.1 Å². The van der Waals surface area contributed by atoms with Crippen molar-refractivity contribution in [2.75, 3.05) is 12.4 Å². The SMILES string of the molecule is C=c1ccc(-c2c[c](=[V])c3cc(C)cc(C(C)Nc4ccc(CC)nc4C(=O)O)c3o2)c/c1=C/NC.[CH3-]. The second-order valence-corrected chi connectivity index (χ2v) is 9.55. The Morgan fingerprint density at radius 1 is 1.22 bits per heavy atom. The van der Waals surface area contributed by atoms with Crippen molar-refractivity contribution in [2.24, 2.45) is 0 Å². The number of aromatic nitrogens is 1. The Labute approximate surface area is 226 Å². The summed E-state index contributed by atoms with van der Waals surface area (Å²) in [5.74, 6) is -0.321. The predicted molar refractivity (Wildman–Crippen MR) is 147 cm³/mol. The van der Waals surface area contributed by atoms with Crippen LogP contribution >= 0.6 is 0 Å². The van der Waals surface area contributed by atoms with Gasteiger partial charge >= 0.3 is 219 Å². The van der Waals surface area contributed by atoms with Gasteiger partial charge in [0.2, 0.25) is 0 Å². The summed E-state index contributed by atoms with van der Waals surface area (Å²) in [6.07, 6.45) is 2.58. The number of aromatic carboxylic acids is 1. The molecule has 0 aliphatic carbocycles. The van der Waals surface area contributed by atoms with Gasteiger partial charge in [-0.15, -0.1) is 0 Å². The fourth-order valence-electron chi connectivity index (χ4n) is 4.24. The average molecular weight is 534 g/mol. The van der Waals surface area contributed by atoms with Crippen LogP contribution in [0.4, 0.5) is 5.69 Å². The maximum absolute atomic E-state index is 11.9. The third-order valence-corrected chi connectivity index (χ3v) is 6.68. The third kappa shape index (κ3) is 5.87. The minimum Gasteiger partial charge on any atom is -0.358 e.